The number of carbonyl (C=O) groups excluding carboxylic acids is 1. The number of hydrogen-bond donors (Lipinski definition) is 0. The Morgan fingerprint density at radius 3 is 2.44 bits per heavy atom. The van der Waals surface area contributed by atoms with E-state index >= 15 is 0 Å². The summed E-state index contributed by atoms with van der Waals surface area (Å²) in [5, 5.41) is 11.0. The Kier molecular flexibility index (Phi) is 10.2. The molecule has 0 saturated heterocycles. The van der Waals surface area contributed by atoms with Crippen molar-refractivity contribution < 1.29 is 66.0 Å². The Bertz CT molecular complexity index is 1150. The van der Waals surface area contributed by atoms with Crippen LogP contribution in [0, 0.1) is 11.8 Å². The minimum absolute atomic E-state index is 0. The Morgan fingerprint density at radius 2 is 1.74 bits per heavy atom. The fourth-order valence-corrected chi connectivity index (χ4v) is 4.29. The fourth-order valence-electron chi connectivity index (χ4n) is 4.29. The standard InChI is InChI=1S/C29H29NO3.K/c1-2-6-26(19-29(31)32)24-14-16-27(17-15-24)33-21-23-12-10-22(11-13-23)20-30-18-5-8-25-7-3-4-9-28(25)30;/h3-4,7,9-17,26H,5,8,18-21H2,1H3,(H,31,32);/q;+1/p-1/t26-;/m0./s1. The smallest absolute Gasteiger partial charge is 0.550 e. The zero-order chi connectivity index (χ0) is 23.0. The zero-order valence-electron chi connectivity index (χ0n) is 19.9. The Balaban J connectivity index is 0.00000324. The summed E-state index contributed by atoms with van der Waals surface area (Å²) in [6, 6.07) is 24.7. The number of hydrogen-bond acceptors (Lipinski definition) is 4. The molecule has 1 aliphatic heterocycles. The molecule has 0 amide bonds. The SMILES string of the molecule is CC#C[C@@H](CC(=O)[O-])c1ccc(OCc2ccc(CN3CCCc4ccccc43)cc2)cc1.[K+]. The molecule has 0 N–H and O–H groups in total. The second kappa shape index (κ2) is 13.1. The van der Waals surface area contributed by atoms with Crippen LogP contribution in [0.3, 0.4) is 0 Å². The summed E-state index contributed by atoms with van der Waals surface area (Å²) in [6.07, 6.45) is 2.24. The van der Waals surface area contributed by atoms with Crippen LogP contribution in [0.4, 0.5) is 5.69 Å². The molecule has 168 valence electrons. The van der Waals surface area contributed by atoms with Crippen molar-refractivity contribution in [2.75, 3.05) is 11.4 Å². The quantitative estimate of drug-likeness (QED) is 0.364. The van der Waals surface area contributed by atoms with E-state index < -0.39 is 5.97 Å². The van der Waals surface area contributed by atoms with Gasteiger partial charge in [-0.2, -0.15) is 0 Å². The normalized spacial score (nSPS) is 13.0. The average molecular weight is 478 g/mol. The van der Waals surface area contributed by atoms with Crippen LogP contribution < -0.4 is 66.1 Å². The van der Waals surface area contributed by atoms with Crippen molar-refractivity contribution in [2.24, 2.45) is 0 Å². The van der Waals surface area contributed by atoms with Crippen LogP contribution in [0.15, 0.2) is 72.8 Å². The molecule has 0 aromatic heterocycles. The number of carboxylic acid groups (broad SMARTS) is 1. The Morgan fingerprint density at radius 1 is 1.03 bits per heavy atom. The Hall–Kier alpha value is -2.07. The Labute approximate surface area is 244 Å². The van der Waals surface area contributed by atoms with Gasteiger partial charge in [-0.1, -0.05) is 60.5 Å². The molecule has 1 aliphatic rings. The van der Waals surface area contributed by atoms with Gasteiger partial charge in [0.15, 0.2) is 0 Å². The molecule has 34 heavy (non-hydrogen) atoms. The van der Waals surface area contributed by atoms with E-state index in [1.165, 1.54) is 23.2 Å². The van der Waals surface area contributed by atoms with Gasteiger partial charge in [0.1, 0.15) is 12.4 Å². The van der Waals surface area contributed by atoms with Gasteiger partial charge in [-0.15, -0.1) is 5.92 Å². The van der Waals surface area contributed by atoms with Crippen molar-refractivity contribution in [1.82, 2.24) is 0 Å². The number of anilines is 1. The predicted octanol–water partition coefficient (Wildman–Crippen LogP) is 1.47. The van der Waals surface area contributed by atoms with Crippen molar-refractivity contribution >= 4 is 11.7 Å². The van der Waals surface area contributed by atoms with E-state index in [-0.39, 0.29) is 63.7 Å². The molecular weight excluding hydrogens is 449 g/mol. The summed E-state index contributed by atoms with van der Waals surface area (Å²) < 4.78 is 5.93. The van der Waals surface area contributed by atoms with Gasteiger partial charge in [0.2, 0.25) is 0 Å². The third-order valence-corrected chi connectivity index (χ3v) is 5.98. The fraction of sp³-hybridized carbons (Fsp3) is 0.276. The van der Waals surface area contributed by atoms with Crippen molar-refractivity contribution in [3.8, 4) is 17.6 Å². The summed E-state index contributed by atoms with van der Waals surface area (Å²) in [5.41, 5.74) is 6.03. The zero-order valence-corrected chi connectivity index (χ0v) is 23.0. The molecule has 0 bridgehead atoms. The van der Waals surface area contributed by atoms with Crippen LogP contribution in [0.5, 0.6) is 5.75 Å². The van der Waals surface area contributed by atoms with Gasteiger partial charge in [0.05, 0.1) is 5.92 Å². The number of benzene rings is 3. The topological polar surface area (TPSA) is 52.6 Å². The predicted molar refractivity (Wildman–Crippen MR) is 129 cm³/mol. The molecule has 0 fully saturated rings. The second-order valence-electron chi connectivity index (χ2n) is 8.35. The molecule has 5 heteroatoms. The molecule has 1 atom stereocenters. The molecular formula is C29H28KNO3. The molecule has 0 spiro atoms. The summed E-state index contributed by atoms with van der Waals surface area (Å²) in [4.78, 5) is 13.4. The monoisotopic (exact) mass is 477 g/mol. The summed E-state index contributed by atoms with van der Waals surface area (Å²) in [5.74, 6) is 5.00. The maximum absolute atomic E-state index is 11.0. The summed E-state index contributed by atoms with van der Waals surface area (Å²) in [6.45, 7) is 4.18. The molecule has 3 aromatic carbocycles. The first-order valence-corrected chi connectivity index (χ1v) is 11.4. The molecule has 4 rings (SSSR count). The number of para-hydroxylation sites is 1. The number of fused-ring (bicyclic) bond motifs is 1. The minimum Gasteiger partial charge on any atom is -0.550 e. The molecule has 4 nitrogen and oxygen atoms in total. The summed E-state index contributed by atoms with van der Waals surface area (Å²) >= 11 is 0. The van der Waals surface area contributed by atoms with Gasteiger partial charge in [0, 0.05) is 31.2 Å². The molecule has 0 saturated carbocycles. The third-order valence-electron chi connectivity index (χ3n) is 5.98. The van der Waals surface area contributed by atoms with Crippen LogP contribution in [-0.2, 0) is 24.4 Å². The summed E-state index contributed by atoms with van der Waals surface area (Å²) in [7, 11) is 0. The van der Waals surface area contributed by atoms with E-state index in [4.69, 9.17) is 4.74 Å². The van der Waals surface area contributed by atoms with E-state index in [2.05, 4.69) is 65.3 Å². The molecule has 0 unspecified atom stereocenters. The van der Waals surface area contributed by atoms with Gasteiger partial charge < -0.3 is 19.5 Å². The maximum Gasteiger partial charge on any atom is 1.00 e. The molecule has 0 aliphatic carbocycles. The molecule has 3 aromatic rings. The number of carboxylic acids is 1. The molecule has 1 heterocycles. The van der Waals surface area contributed by atoms with E-state index in [9.17, 15) is 9.90 Å². The first-order chi connectivity index (χ1) is 16.1. The minimum atomic E-state index is -1.10. The largest absolute Gasteiger partial charge is 1.00 e. The number of rotatable bonds is 8. The van der Waals surface area contributed by atoms with Crippen LogP contribution >= 0.6 is 0 Å². The van der Waals surface area contributed by atoms with E-state index in [1.807, 2.05) is 24.3 Å². The van der Waals surface area contributed by atoms with E-state index in [0.29, 0.717) is 6.61 Å². The van der Waals surface area contributed by atoms with Gasteiger partial charge in [-0.05, 0) is 60.2 Å². The average Bonchev–Trinajstić information content (AvgIpc) is 2.84. The number of carbonyl (C=O) groups is 1. The first-order valence-electron chi connectivity index (χ1n) is 11.4. The van der Waals surface area contributed by atoms with Crippen molar-refractivity contribution in [2.45, 2.75) is 45.3 Å². The van der Waals surface area contributed by atoms with E-state index in [0.717, 1.165) is 36.4 Å². The number of aryl methyl sites for hydroxylation is 1. The van der Waals surface area contributed by atoms with Crippen LogP contribution in [0.1, 0.15) is 47.9 Å². The van der Waals surface area contributed by atoms with Crippen LogP contribution in [-0.4, -0.2) is 12.5 Å². The van der Waals surface area contributed by atoms with Gasteiger partial charge in [-0.25, -0.2) is 0 Å². The van der Waals surface area contributed by atoms with Crippen molar-refractivity contribution in [1.29, 1.82) is 0 Å². The third kappa shape index (κ3) is 7.21. The number of aliphatic carboxylic acids is 1. The van der Waals surface area contributed by atoms with Crippen molar-refractivity contribution in [3.05, 3.63) is 95.1 Å². The number of ether oxygens (including phenoxy) is 1. The van der Waals surface area contributed by atoms with Gasteiger partial charge >= 0.3 is 51.4 Å². The maximum atomic E-state index is 11.0. The van der Waals surface area contributed by atoms with Gasteiger partial charge in [-0.3, -0.25) is 0 Å². The second-order valence-corrected chi connectivity index (χ2v) is 8.35. The van der Waals surface area contributed by atoms with Gasteiger partial charge in [0.25, 0.3) is 0 Å². The van der Waals surface area contributed by atoms with E-state index in [1.54, 1.807) is 6.92 Å². The number of nitrogens with zero attached hydrogens (tertiary/aromatic N) is 1. The van der Waals surface area contributed by atoms with Crippen molar-refractivity contribution in [3.63, 3.8) is 0 Å². The van der Waals surface area contributed by atoms with Crippen LogP contribution in [0.2, 0.25) is 0 Å². The van der Waals surface area contributed by atoms with Crippen LogP contribution in [0.25, 0.3) is 0 Å². The first kappa shape index (κ1) is 26.5. The molecule has 0 radical (unpaired) electrons.